The molecule has 0 aromatic carbocycles. The van der Waals surface area contributed by atoms with Crippen molar-refractivity contribution < 1.29 is 33.1 Å². The quantitative estimate of drug-likeness (QED) is 0.0157. The molecular weight excluding hydrogens is 638 g/mol. The third-order valence-electron chi connectivity index (χ3n) is 9.89. The van der Waals surface area contributed by atoms with Crippen LogP contribution in [0.1, 0.15) is 194 Å². The van der Waals surface area contributed by atoms with Crippen molar-refractivity contribution >= 4 is 18.4 Å². The van der Waals surface area contributed by atoms with Gasteiger partial charge in [-0.1, -0.05) is 141 Å². The van der Waals surface area contributed by atoms with E-state index < -0.39 is 0 Å². The largest absolute Gasteiger partial charge is 0.462 e. The first-order valence-electron chi connectivity index (χ1n) is 21.5. The van der Waals surface area contributed by atoms with Crippen LogP contribution in [-0.4, -0.2) is 69.4 Å². The number of carbonyl (C=O) groups excluding carboxylic acids is 3. The lowest BCUT2D eigenvalue weighted by Crippen LogP contribution is -2.50. The Bertz CT molecular complexity index is 783. The first-order valence-corrected chi connectivity index (χ1v) is 21.5. The van der Waals surface area contributed by atoms with Gasteiger partial charge in [0.05, 0.1) is 7.05 Å². The number of allylic oxidation sites excluding steroid dienone is 4. The van der Waals surface area contributed by atoms with Crippen LogP contribution in [0.15, 0.2) is 24.3 Å². The number of likely N-dealkylation sites (N-methyl/N-ethyl adjacent to an activating group) is 1. The smallest absolute Gasteiger partial charge is 0.305 e. The molecule has 0 spiro atoms. The van der Waals surface area contributed by atoms with E-state index in [1.807, 2.05) is 7.05 Å². The minimum atomic E-state index is -0.158. The monoisotopic (exact) mass is 721 g/mol. The molecule has 7 heteroatoms. The molecule has 0 aromatic heterocycles. The van der Waals surface area contributed by atoms with Crippen LogP contribution in [0.25, 0.3) is 0 Å². The van der Waals surface area contributed by atoms with Crippen LogP contribution in [0.5, 0.6) is 0 Å². The maximum absolute atomic E-state index is 12.3. The van der Waals surface area contributed by atoms with E-state index in [-0.39, 0.29) is 18.5 Å². The number of hydrogen-bond donors (Lipinski definition) is 0. The highest BCUT2D eigenvalue weighted by molar-refractivity contribution is 5.69. The molecule has 0 aliphatic carbocycles. The van der Waals surface area contributed by atoms with Crippen molar-refractivity contribution in [2.24, 2.45) is 0 Å². The lowest BCUT2D eigenvalue weighted by molar-refractivity contribution is -0.909. The van der Waals surface area contributed by atoms with E-state index in [1.165, 1.54) is 116 Å². The summed E-state index contributed by atoms with van der Waals surface area (Å²) in [6.07, 6.45) is 42.2. The highest BCUT2D eigenvalue weighted by Gasteiger charge is 2.23. The average molecular weight is 721 g/mol. The Hall–Kier alpha value is -2.15. The van der Waals surface area contributed by atoms with Crippen molar-refractivity contribution in [3.05, 3.63) is 24.3 Å². The van der Waals surface area contributed by atoms with Crippen molar-refractivity contribution in [2.45, 2.75) is 194 Å². The molecule has 0 rings (SSSR count). The Morgan fingerprint density at radius 1 is 0.451 bits per heavy atom. The number of rotatable bonds is 40. The summed E-state index contributed by atoms with van der Waals surface area (Å²) < 4.78 is 16.5. The summed E-state index contributed by atoms with van der Waals surface area (Å²) in [5, 5.41) is 0. The van der Waals surface area contributed by atoms with E-state index in [9.17, 15) is 14.4 Å². The molecule has 0 radical (unpaired) electrons. The van der Waals surface area contributed by atoms with Crippen LogP contribution in [0.4, 0.5) is 0 Å². The number of nitrogens with zero attached hydrogens (tertiary/aromatic N) is 1. The number of esters is 2. The molecule has 0 fully saturated rings. The fourth-order valence-corrected chi connectivity index (χ4v) is 6.24. The predicted molar refractivity (Wildman–Crippen MR) is 214 cm³/mol. The minimum absolute atomic E-state index is 0.158. The van der Waals surface area contributed by atoms with Crippen molar-refractivity contribution in [3.63, 3.8) is 0 Å². The molecule has 0 saturated carbocycles. The molecule has 0 amide bonds. The van der Waals surface area contributed by atoms with E-state index in [0.29, 0.717) is 56.6 Å². The lowest BCUT2D eigenvalue weighted by atomic mass is 10.1. The van der Waals surface area contributed by atoms with Crippen molar-refractivity contribution in [2.75, 3.05) is 46.5 Å². The third-order valence-corrected chi connectivity index (χ3v) is 9.89. The second-order valence-corrected chi connectivity index (χ2v) is 14.9. The van der Waals surface area contributed by atoms with Gasteiger partial charge in [-0.2, -0.15) is 0 Å². The molecule has 0 saturated heterocycles. The van der Waals surface area contributed by atoms with Crippen LogP contribution in [0.3, 0.4) is 0 Å². The fourth-order valence-electron chi connectivity index (χ4n) is 6.24. The zero-order valence-electron chi connectivity index (χ0n) is 33.8. The number of carbonyl (C=O) groups is 3. The molecule has 0 atom stereocenters. The minimum Gasteiger partial charge on any atom is -0.462 e. The zero-order chi connectivity index (χ0) is 37.4. The van der Waals surface area contributed by atoms with Crippen LogP contribution < -0.4 is 0 Å². The summed E-state index contributed by atoms with van der Waals surface area (Å²) >= 11 is 0. The van der Waals surface area contributed by atoms with Crippen LogP contribution in [-0.2, 0) is 28.6 Å². The summed E-state index contributed by atoms with van der Waals surface area (Å²) in [6, 6.07) is 0. The lowest BCUT2D eigenvalue weighted by Gasteiger charge is -2.33. The Morgan fingerprint density at radius 2 is 0.765 bits per heavy atom. The number of ether oxygens (including phenoxy) is 3. The molecule has 0 unspecified atom stereocenters. The van der Waals surface area contributed by atoms with Crippen LogP contribution in [0, 0.1) is 0 Å². The molecular formula is C44H82NO6+. The van der Waals surface area contributed by atoms with Crippen molar-refractivity contribution in [1.82, 2.24) is 0 Å². The van der Waals surface area contributed by atoms with Gasteiger partial charge in [-0.05, 0) is 64.2 Å². The first kappa shape index (κ1) is 48.9. The predicted octanol–water partition coefficient (Wildman–Crippen LogP) is 11.8. The van der Waals surface area contributed by atoms with Crippen LogP contribution >= 0.6 is 0 Å². The molecule has 298 valence electrons. The molecule has 0 aliphatic heterocycles. The molecule has 51 heavy (non-hydrogen) atoms. The van der Waals surface area contributed by atoms with Gasteiger partial charge >= 0.3 is 11.9 Å². The van der Waals surface area contributed by atoms with Gasteiger partial charge in [-0.15, -0.1) is 0 Å². The van der Waals surface area contributed by atoms with Crippen molar-refractivity contribution in [3.8, 4) is 0 Å². The average Bonchev–Trinajstić information content (AvgIpc) is 3.11. The Morgan fingerprint density at radius 3 is 1.12 bits per heavy atom. The number of unbranched alkanes of at least 4 members (excludes halogenated alkanes) is 22. The van der Waals surface area contributed by atoms with Gasteiger partial charge in [0.25, 0.3) is 6.47 Å². The third kappa shape index (κ3) is 37.4. The molecule has 0 aromatic rings. The maximum Gasteiger partial charge on any atom is 0.305 e. The van der Waals surface area contributed by atoms with E-state index in [0.717, 1.165) is 51.4 Å². The molecule has 0 aliphatic rings. The van der Waals surface area contributed by atoms with E-state index in [4.69, 9.17) is 14.2 Å². The summed E-state index contributed by atoms with van der Waals surface area (Å²) in [5.41, 5.74) is 0. The van der Waals surface area contributed by atoms with Crippen molar-refractivity contribution in [1.29, 1.82) is 0 Å². The van der Waals surface area contributed by atoms with Gasteiger partial charge in [-0.3, -0.25) is 14.4 Å². The van der Waals surface area contributed by atoms with Crippen LogP contribution in [0.2, 0.25) is 0 Å². The van der Waals surface area contributed by atoms with Gasteiger partial charge in [0, 0.05) is 12.8 Å². The van der Waals surface area contributed by atoms with Gasteiger partial charge in [0.1, 0.15) is 39.5 Å². The molecule has 7 nitrogen and oxygen atoms in total. The van der Waals surface area contributed by atoms with Gasteiger partial charge in [0.2, 0.25) is 0 Å². The Balaban J connectivity index is 3.92. The molecule has 0 bridgehead atoms. The second kappa shape index (κ2) is 39.1. The Kier molecular flexibility index (Phi) is 37.4. The van der Waals surface area contributed by atoms with E-state index in [1.54, 1.807) is 0 Å². The second-order valence-electron chi connectivity index (χ2n) is 14.9. The SMILES string of the molecule is CCCCCCCC/C=C\CCCCCCCC(=O)OCC[N+](C)(CCOC=O)CCOC(=O)CCCCCCC/C=C\CCCCCCCC. The summed E-state index contributed by atoms with van der Waals surface area (Å²) in [6.45, 7) is 7.55. The maximum atomic E-state index is 12.3. The molecule has 0 N–H and O–H groups in total. The number of quaternary nitrogens is 1. The van der Waals surface area contributed by atoms with E-state index >= 15 is 0 Å². The van der Waals surface area contributed by atoms with E-state index in [2.05, 4.69) is 38.2 Å². The number of hydrogen-bond acceptors (Lipinski definition) is 6. The summed E-state index contributed by atoms with van der Waals surface area (Å²) in [7, 11) is 2.02. The zero-order valence-corrected chi connectivity index (χ0v) is 33.8. The van der Waals surface area contributed by atoms with Gasteiger partial charge < -0.3 is 18.7 Å². The van der Waals surface area contributed by atoms with Gasteiger partial charge in [-0.25, -0.2) is 0 Å². The molecule has 0 heterocycles. The first-order chi connectivity index (χ1) is 25.0. The normalized spacial score (nSPS) is 11.8. The van der Waals surface area contributed by atoms with Gasteiger partial charge in [0.15, 0.2) is 0 Å². The standard InChI is InChI=1S/C44H82NO6/c1-4-6-8-10-12-14-16-18-20-22-24-26-28-30-32-34-43(47)50-40-37-45(3,36-39-49-42-46)38-41-51-44(48)35-33-31-29-27-25-23-21-19-17-15-13-11-9-7-5-2/h18-21,42H,4-17,22-41H2,1-3H3/q+1/b20-18-,21-19-. The Labute approximate surface area is 315 Å². The highest BCUT2D eigenvalue weighted by Crippen LogP contribution is 2.13. The summed E-state index contributed by atoms with van der Waals surface area (Å²) in [5.74, 6) is -0.315. The topological polar surface area (TPSA) is 78.9 Å². The summed E-state index contributed by atoms with van der Waals surface area (Å²) in [4.78, 5) is 35.3. The fraction of sp³-hybridized carbons (Fsp3) is 0.841. The highest BCUT2D eigenvalue weighted by atomic mass is 16.5.